The third-order valence-electron chi connectivity index (χ3n) is 3.18. The molecule has 0 aromatic heterocycles. The van der Waals surface area contributed by atoms with Crippen LogP contribution in [0.3, 0.4) is 0 Å². The molecule has 1 atom stereocenters. The summed E-state index contributed by atoms with van der Waals surface area (Å²) in [7, 11) is 0. The molecule has 0 spiro atoms. The zero-order chi connectivity index (χ0) is 14.4. The van der Waals surface area contributed by atoms with Gasteiger partial charge in [-0.1, -0.05) is 25.4 Å². The van der Waals surface area contributed by atoms with E-state index in [-0.39, 0.29) is 6.04 Å². The molecule has 1 aromatic carbocycles. The number of aryl methyl sites for hydroxylation is 1. The van der Waals surface area contributed by atoms with Crippen LogP contribution in [0.5, 0.6) is 5.75 Å². The van der Waals surface area contributed by atoms with Crippen LogP contribution in [0.4, 0.5) is 0 Å². The van der Waals surface area contributed by atoms with E-state index in [4.69, 9.17) is 22.1 Å². The molecule has 1 unspecified atom stereocenters. The number of ether oxygens (including phenoxy) is 1. The topological polar surface area (TPSA) is 35.2 Å². The molecule has 0 aliphatic heterocycles. The van der Waals surface area contributed by atoms with Gasteiger partial charge in [0, 0.05) is 11.1 Å². The standard InChI is InChI=1S/C16H26ClNO/c1-5-19-16-13(8-6-7-12(4)18)9-14(17)10-15(16)11(2)3/h9-12H,5-8,18H2,1-4H3. The van der Waals surface area contributed by atoms with Crippen LogP contribution in [-0.4, -0.2) is 12.6 Å². The Morgan fingerprint density at radius 2 is 1.95 bits per heavy atom. The lowest BCUT2D eigenvalue weighted by atomic mass is 9.96. The van der Waals surface area contributed by atoms with Gasteiger partial charge in [-0.25, -0.2) is 0 Å². The van der Waals surface area contributed by atoms with E-state index in [0.29, 0.717) is 12.5 Å². The molecule has 2 nitrogen and oxygen atoms in total. The van der Waals surface area contributed by atoms with E-state index in [1.807, 2.05) is 26.0 Å². The van der Waals surface area contributed by atoms with E-state index >= 15 is 0 Å². The summed E-state index contributed by atoms with van der Waals surface area (Å²) in [6.07, 6.45) is 3.06. The number of hydrogen-bond acceptors (Lipinski definition) is 2. The molecule has 19 heavy (non-hydrogen) atoms. The summed E-state index contributed by atoms with van der Waals surface area (Å²) in [4.78, 5) is 0. The lowest BCUT2D eigenvalue weighted by molar-refractivity contribution is 0.331. The molecule has 1 aromatic rings. The fraction of sp³-hybridized carbons (Fsp3) is 0.625. The number of halogens is 1. The average molecular weight is 284 g/mol. The Morgan fingerprint density at radius 1 is 1.26 bits per heavy atom. The number of rotatable bonds is 7. The summed E-state index contributed by atoms with van der Waals surface area (Å²) in [6, 6.07) is 4.30. The molecule has 0 bridgehead atoms. The highest BCUT2D eigenvalue weighted by atomic mass is 35.5. The van der Waals surface area contributed by atoms with Gasteiger partial charge in [0.05, 0.1) is 6.61 Å². The zero-order valence-corrected chi connectivity index (χ0v) is 13.3. The van der Waals surface area contributed by atoms with Gasteiger partial charge in [0.2, 0.25) is 0 Å². The van der Waals surface area contributed by atoms with Crippen LogP contribution in [0.2, 0.25) is 5.02 Å². The highest BCUT2D eigenvalue weighted by Gasteiger charge is 2.14. The Labute approximate surface area is 122 Å². The van der Waals surface area contributed by atoms with Gasteiger partial charge < -0.3 is 10.5 Å². The Morgan fingerprint density at radius 3 is 2.47 bits per heavy atom. The van der Waals surface area contributed by atoms with Gasteiger partial charge in [-0.3, -0.25) is 0 Å². The van der Waals surface area contributed by atoms with E-state index in [0.717, 1.165) is 30.0 Å². The molecular formula is C16H26ClNO. The third-order valence-corrected chi connectivity index (χ3v) is 3.39. The van der Waals surface area contributed by atoms with Crippen LogP contribution in [0.25, 0.3) is 0 Å². The van der Waals surface area contributed by atoms with Crippen molar-refractivity contribution in [3.05, 3.63) is 28.3 Å². The first-order valence-electron chi connectivity index (χ1n) is 7.16. The SMILES string of the molecule is CCOc1c(CCCC(C)N)cc(Cl)cc1C(C)C. The first-order valence-corrected chi connectivity index (χ1v) is 7.54. The van der Waals surface area contributed by atoms with Gasteiger partial charge in [-0.2, -0.15) is 0 Å². The van der Waals surface area contributed by atoms with Crippen molar-refractivity contribution in [2.75, 3.05) is 6.61 Å². The monoisotopic (exact) mass is 283 g/mol. The summed E-state index contributed by atoms with van der Waals surface area (Å²) in [5.41, 5.74) is 8.21. The van der Waals surface area contributed by atoms with E-state index in [1.54, 1.807) is 0 Å². The summed E-state index contributed by atoms with van der Waals surface area (Å²) in [6.45, 7) is 9.08. The molecule has 0 amide bonds. The van der Waals surface area contributed by atoms with Gasteiger partial charge in [0.15, 0.2) is 0 Å². The highest BCUT2D eigenvalue weighted by Crippen LogP contribution is 2.34. The number of benzene rings is 1. The fourth-order valence-corrected chi connectivity index (χ4v) is 2.47. The van der Waals surface area contributed by atoms with Crippen LogP contribution in [0.15, 0.2) is 12.1 Å². The molecule has 0 saturated heterocycles. The van der Waals surface area contributed by atoms with Crippen LogP contribution < -0.4 is 10.5 Å². The van der Waals surface area contributed by atoms with E-state index < -0.39 is 0 Å². The Bertz CT molecular complexity index is 402. The van der Waals surface area contributed by atoms with Crippen molar-refractivity contribution >= 4 is 11.6 Å². The summed E-state index contributed by atoms with van der Waals surface area (Å²) in [5.74, 6) is 1.43. The molecule has 2 N–H and O–H groups in total. The van der Waals surface area contributed by atoms with Gasteiger partial charge in [-0.15, -0.1) is 0 Å². The van der Waals surface area contributed by atoms with Crippen molar-refractivity contribution in [2.45, 2.75) is 58.9 Å². The van der Waals surface area contributed by atoms with Gasteiger partial charge in [-0.05, 0) is 62.3 Å². The van der Waals surface area contributed by atoms with Crippen LogP contribution in [0, 0.1) is 0 Å². The maximum absolute atomic E-state index is 6.23. The van der Waals surface area contributed by atoms with Crippen molar-refractivity contribution in [3.8, 4) is 5.75 Å². The Kier molecular flexibility index (Phi) is 6.67. The number of hydrogen-bond donors (Lipinski definition) is 1. The molecule has 0 radical (unpaired) electrons. The molecule has 0 aliphatic carbocycles. The average Bonchev–Trinajstić information content (AvgIpc) is 2.31. The second-order valence-corrected chi connectivity index (χ2v) is 5.88. The molecule has 0 heterocycles. The minimum atomic E-state index is 0.249. The summed E-state index contributed by atoms with van der Waals surface area (Å²) < 4.78 is 5.85. The van der Waals surface area contributed by atoms with E-state index in [2.05, 4.69) is 13.8 Å². The summed E-state index contributed by atoms with van der Waals surface area (Å²) >= 11 is 6.23. The van der Waals surface area contributed by atoms with Crippen molar-refractivity contribution in [1.29, 1.82) is 0 Å². The van der Waals surface area contributed by atoms with Crippen LogP contribution in [-0.2, 0) is 6.42 Å². The van der Waals surface area contributed by atoms with E-state index in [9.17, 15) is 0 Å². The Hall–Kier alpha value is -0.730. The first kappa shape index (κ1) is 16.3. The Balaban J connectivity index is 2.99. The van der Waals surface area contributed by atoms with Gasteiger partial charge in [0.25, 0.3) is 0 Å². The van der Waals surface area contributed by atoms with Crippen molar-refractivity contribution < 1.29 is 4.74 Å². The minimum Gasteiger partial charge on any atom is -0.493 e. The minimum absolute atomic E-state index is 0.249. The van der Waals surface area contributed by atoms with Crippen LogP contribution >= 0.6 is 11.6 Å². The van der Waals surface area contributed by atoms with Gasteiger partial charge >= 0.3 is 0 Å². The van der Waals surface area contributed by atoms with E-state index in [1.165, 1.54) is 11.1 Å². The second-order valence-electron chi connectivity index (χ2n) is 5.44. The van der Waals surface area contributed by atoms with Crippen LogP contribution in [0.1, 0.15) is 57.6 Å². The molecule has 3 heteroatoms. The smallest absolute Gasteiger partial charge is 0.126 e. The number of nitrogens with two attached hydrogens (primary N) is 1. The lowest BCUT2D eigenvalue weighted by Crippen LogP contribution is -2.14. The molecule has 108 valence electrons. The summed E-state index contributed by atoms with van der Waals surface area (Å²) in [5, 5.41) is 0.794. The predicted molar refractivity (Wildman–Crippen MR) is 83.3 cm³/mol. The third kappa shape index (κ3) is 5.04. The quantitative estimate of drug-likeness (QED) is 0.798. The maximum Gasteiger partial charge on any atom is 0.126 e. The molecule has 1 rings (SSSR count). The zero-order valence-electron chi connectivity index (χ0n) is 12.5. The van der Waals surface area contributed by atoms with Crippen molar-refractivity contribution in [1.82, 2.24) is 0 Å². The fourth-order valence-electron chi connectivity index (χ4n) is 2.22. The largest absolute Gasteiger partial charge is 0.493 e. The van der Waals surface area contributed by atoms with Crippen molar-refractivity contribution in [2.24, 2.45) is 5.73 Å². The van der Waals surface area contributed by atoms with Crippen molar-refractivity contribution in [3.63, 3.8) is 0 Å². The predicted octanol–water partition coefficient (Wildman–Crippen LogP) is 4.53. The highest BCUT2D eigenvalue weighted by molar-refractivity contribution is 6.30. The maximum atomic E-state index is 6.23. The molecule has 0 saturated carbocycles. The normalized spacial score (nSPS) is 12.8. The molecule has 0 aliphatic rings. The molecule has 0 fully saturated rings. The van der Waals surface area contributed by atoms with Gasteiger partial charge in [0.1, 0.15) is 5.75 Å². The second kappa shape index (κ2) is 7.76. The molecular weight excluding hydrogens is 258 g/mol. The first-order chi connectivity index (χ1) is 8.95. The lowest BCUT2D eigenvalue weighted by Gasteiger charge is -2.18.